The molecule has 2 rings (SSSR count). The predicted octanol–water partition coefficient (Wildman–Crippen LogP) is 4.61. The Morgan fingerprint density at radius 1 is 1.00 bits per heavy atom. The second-order valence-electron chi connectivity index (χ2n) is 6.57. The Balaban J connectivity index is 2.19. The number of ether oxygens (including phenoxy) is 3. The van der Waals surface area contributed by atoms with E-state index in [9.17, 15) is 4.79 Å². The number of benzene rings is 2. The van der Waals surface area contributed by atoms with Crippen molar-refractivity contribution >= 4 is 12.0 Å². The zero-order valence-electron chi connectivity index (χ0n) is 17.5. The number of nitrogens with one attached hydrogen (secondary N) is 1. The van der Waals surface area contributed by atoms with Crippen LogP contribution in [0.5, 0.6) is 17.2 Å². The Morgan fingerprint density at radius 2 is 1.71 bits per heavy atom. The summed E-state index contributed by atoms with van der Waals surface area (Å²) in [4.78, 5) is 12.5. The van der Waals surface area contributed by atoms with Crippen LogP contribution in [0.4, 0.5) is 0 Å². The van der Waals surface area contributed by atoms with Gasteiger partial charge in [-0.05, 0) is 55.2 Å². The SMILES string of the molecule is CC[C@H](NC(=O)/C=C/c1ccc(OC)c(OC)c1OC)c1ccc(C)c(C)c1. The molecule has 2 aromatic carbocycles. The lowest BCUT2D eigenvalue weighted by atomic mass is 9.99. The molecule has 2 aromatic rings. The molecule has 1 amide bonds. The number of hydrogen-bond donors (Lipinski definition) is 1. The smallest absolute Gasteiger partial charge is 0.244 e. The molecular formula is C23H29NO4. The zero-order chi connectivity index (χ0) is 20.7. The topological polar surface area (TPSA) is 56.8 Å². The molecule has 1 atom stereocenters. The summed E-state index contributed by atoms with van der Waals surface area (Å²) in [5, 5.41) is 3.07. The van der Waals surface area contributed by atoms with Crippen LogP contribution in [0.1, 0.15) is 41.6 Å². The van der Waals surface area contributed by atoms with E-state index in [1.807, 2.05) is 6.07 Å². The van der Waals surface area contributed by atoms with Crippen molar-refractivity contribution in [1.29, 1.82) is 0 Å². The van der Waals surface area contributed by atoms with Crippen LogP contribution in [0.3, 0.4) is 0 Å². The average molecular weight is 383 g/mol. The molecule has 0 aliphatic rings. The van der Waals surface area contributed by atoms with Crippen LogP contribution in [-0.4, -0.2) is 27.2 Å². The van der Waals surface area contributed by atoms with E-state index < -0.39 is 0 Å². The van der Waals surface area contributed by atoms with Crippen molar-refractivity contribution in [3.8, 4) is 17.2 Å². The number of amides is 1. The summed E-state index contributed by atoms with van der Waals surface area (Å²) in [7, 11) is 4.68. The van der Waals surface area contributed by atoms with Crippen molar-refractivity contribution in [2.75, 3.05) is 21.3 Å². The van der Waals surface area contributed by atoms with E-state index in [0.717, 1.165) is 17.5 Å². The van der Waals surface area contributed by atoms with E-state index in [4.69, 9.17) is 14.2 Å². The highest BCUT2D eigenvalue weighted by Gasteiger charge is 2.15. The van der Waals surface area contributed by atoms with Crippen LogP contribution in [0.15, 0.2) is 36.4 Å². The lowest BCUT2D eigenvalue weighted by Crippen LogP contribution is -2.26. The third-order valence-corrected chi connectivity index (χ3v) is 4.81. The Kier molecular flexibility index (Phi) is 7.50. The number of carbonyl (C=O) groups excluding carboxylic acids is 1. The summed E-state index contributed by atoms with van der Waals surface area (Å²) in [6.45, 7) is 6.22. The first-order valence-electron chi connectivity index (χ1n) is 9.29. The number of methoxy groups -OCH3 is 3. The second kappa shape index (κ2) is 9.83. The fourth-order valence-corrected chi connectivity index (χ4v) is 3.04. The van der Waals surface area contributed by atoms with Gasteiger partial charge in [0.15, 0.2) is 11.5 Å². The molecule has 5 nitrogen and oxygen atoms in total. The third kappa shape index (κ3) is 4.85. The highest BCUT2D eigenvalue weighted by Crippen LogP contribution is 2.40. The maximum atomic E-state index is 12.5. The molecule has 0 saturated heterocycles. The van der Waals surface area contributed by atoms with Crippen LogP contribution in [-0.2, 0) is 4.79 Å². The van der Waals surface area contributed by atoms with E-state index >= 15 is 0 Å². The average Bonchev–Trinajstić information content (AvgIpc) is 2.71. The van der Waals surface area contributed by atoms with Gasteiger partial charge in [-0.3, -0.25) is 4.79 Å². The lowest BCUT2D eigenvalue weighted by Gasteiger charge is -2.18. The first kappa shape index (κ1) is 21.4. The standard InChI is InChI=1S/C23H29NO4/c1-7-19(18-9-8-15(2)16(3)14-18)24-21(25)13-11-17-10-12-20(26-4)23(28-6)22(17)27-5/h8-14,19H,7H2,1-6H3,(H,24,25)/b13-11+/t19-/m0/s1. The Labute approximate surface area is 167 Å². The molecule has 0 aliphatic carbocycles. The van der Waals surface area contributed by atoms with Gasteiger partial charge in [-0.15, -0.1) is 0 Å². The molecule has 0 aliphatic heterocycles. The minimum Gasteiger partial charge on any atom is -0.493 e. The molecule has 0 saturated carbocycles. The fourth-order valence-electron chi connectivity index (χ4n) is 3.04. The van der Waals surface area contributed by atoms with Crippen LogP contribution in [0.25, 0.3) is 6.08 Å². The van der Waals surface area contributed by atoms with E-state index in [2.05, 4.69) is 44.3 Å². The zero-order valence-corrected chi connectivity index (χ0v) is 17.5. The van der Waals surface area contributed by atoms with Crippen molar-refractivity contribution in [1.82, 2.24) is 5.32 Å². The maximum absolute atomic E-state index is 12.5. The van der Waals surface area contributed by atoms with Crippen LogP contribution >= 0.6 is 0 Å². The molecule has 5 heteroatoms. The van der Waals surface area contributed by atoms with Gasteiger partial charge in [-0.1, -0.05) is 25.1 Å². The van der Waals surface area contributed by atoms with Crippen LogP contribution in [0.2, 0.25) is 0 Å². The Bertz CT molecular complexity index is 858. The largest absolute Gasteiger partial charge is 0.493 e. The predicted molar refractivity (Wildman–Crippen MR) is 112 cm³/mol. The normalized spacial score (nSPS) is 11.9. The van der Waals surface area contributed by atoms with Crippen molar-refractivity contribution < 1.29 is 19.0 Å². The highest BCUT2D eigenvalue weighted by molar-refractivity contribution is 5.92. The van der Waals surface area contributed by atoms with E-state index in [-0.39, 0.29) is 11.9 Å². The van der Waals surface area contributed by atoms with Gasteiger partial charge < -0.3 is 19.5 Å². The van der Waals surface area contributed by atoms with Crippen LogP contribution in [0, 0.1) is 13.8 Å². The molecule has 0 radical (unpaired) electrons. The molecule has 1 N–H and O–H groups in total. The van der Waals surface area contributed by atoms with E-state index in [1.165, 1.54) is 17.2 Å². The molecule has 28 heavy (non-hydrogen) atoms. The summed E-state index contributed by atoms with van der Waals surface area (Å²) >= 11 is 0. The highest BCUT2D eigenvalue weighted by atomic mass is 16.5. The van der Waals surface area contributed by atoms with Gasteiger partial charge in [0.1, 0.15) is 0 Å². The molecular weight excluding hydrogens is 354 g/mol. The Hall–Kier alpha value is -2.95. The summed E-state index contributed by atoms with van der Waals surface area (Å²) in [5.41, 5.74) is 4.30. The minimum absolute atomic E-state index is 0.0382. The second-order valence-corrected chi connectivity index (χ2v) is 6.57. The summed E-state index contributed by atoms with van der Waals surface area (Å²) in [6.07, 6.45) is 4.03. The molecule has 150 valence electrons. The summed E-state index contributed by atoms with van der Waals surface area (Å²) in [5.74, 6) is 1.42. The molecule has 0 spiro atoms. The molecule has 0 aromatic heterocycles. The van der Waals surface area contributed by atoms with Gasteiger partial charge in [0, 0.05) is 11.6 Å². The number of hydrogen-bond acceptors (Lipinski definition) is 4. The van der Waals surface area contributed by atoms with Gasteiger partial charge in [0.2, 0.25) is 11.7 Å². The van der Waals surface area contributed by atoms with Gasteiger partial charge >= 0.3 is 0 Å². The third-order valence-electron chi connectivity index (χ3n) is 4.81. The van der Waals surface area contributed by atoms with Gasteiger partial charge in [-0.2, -0.15) is 0 Å². The summed E-state index contributed by atoms with van der Waals surface area (Å²) < 4.78 is 16.1. The van der Waals surface area contributed by atoms with E-state index in [0.29, 0.717) is 17.2 Å². The van der Waals surface area contributed by atoms with Crippen molar-refractivity contribution in [3.63, 3.8) is 0 Å². The number of rotatable bonds is 8. The minimum atomic E-state index is -0.165. The number of aryl methyl sites for hydroxylation is 2. The fraction of sp³-hybridized carbons (Fsp3) is 0.348. The van der Waals surface area contributed by atoms with Gasteiger partial charge in [0.25, 0.3) is 0 Å². The molecule has 0 fully saturated rings. The molecule has 0 heterocycles. The van der Waals surface area contributed by atoms with Crippen molar-refractivity contribution in [2.45, 2.75) is 33.2 Å². The first-order valence-corrected chi connectivity index (χ1v) is 9.29. The van der Waals surface area contributed by atoms with E-state index in [1.54, 1.807) is 33.5 Å². The molecule has 0 bridgehead atoms. The monoisotopic (exact) mass is 383 g/mol. The Morgan fingerprint density at radius 3 is 2.29 bits per heavy atom. The summed E-state index contributed by atoms with van der Waals surface area (Å²) in [6, 6.07) is 9.85. The first-order chi connectivity index (χ1) is 13.4. The molecule has 0 unspecified atom stereocenters. The quantitative estimate of drug-likeness (QED) is 0.677. The lowest BCUT2D eigenvalue weighted by molar-refractivity contribution is -0.117. The maximum Gasteiger partial charge on any atom is 0.244 e. The van der Waals surface area contributed by atoms with Crippen molar-refractivity contribution in [2.24, 2.45) is 0 Å². The van der Waals surface area contributed by atoms with Crippen molar-refractivity contribution in [3.05, 3.63) is 58.7 Å². The van der Waals surface area contributed by atoms with Crippen LogP contribution < -0.4 is 19.5 Å². The van der Waals surface area contributed by atoms with Gasteiger partial charge in [-0.25, -0.2) is 0 Å². The number of carbonyl (C=O) groups is 1. The van der Waals surface area contributed by atoms with Gasteiger partial charge in [0.05, 0.1) is 27.4 Å².